The Labute approximate surface area is 242 Å². The molecule has 2 aliphatic rings. The van der Waals surface area contributed by atoms with Crippen molar-refractivity contribution >= 4 is 29.2 Å². The molecule has 3 aromatic rings. The van der Waals surface area contributed by atoms with Crippen molar-refractivity contribution in [3.05, 3.63) is 88.8 Å². The molecule has 8 nitrogen and oxygen atoms in total. The van der Waals surface area contributed by atoms with E-state index in [9.17, 15) is 23.2 Å². The molecule has 2 N–H and O–H groups in total. The van der Waals surface area contributed by atoms with Crippen molar-refractivity contribution in [1.82, 2.24) is 15.2 Å². The number of carbonyl (C=O) groups is 3. The molecule has 0 aliphatic carbocycles. The van der Waals surface area contributed by atoms with Crippen LogP contribution in [-0.4, -0.2) is 47.5 Å². The Morgan fingerprint density at radius 3 is 2.67 bits per heavy atom. The molecule has 0 saturated heterocycles. The molecule has 3 heterocycles. The Morgan fingerprint density at radius 2 is 1.90 bits per heavy atom. The standard InChI is InChI=1S/C32H32F2N4O4/c1-18-7-10-25(33)29(30(18)34)21-12-14-38(28(39)16-21)27-6-4-5-19(2)36-31(40)24-17-22(37-32(41)42-3)8-9-23(24)20-11-13-35-26(27)15-20/h7-11,13,15-17,19,27H,4-6,12,14H2,1-3H3,(H,36,40)(H,37,41)/t19?,27-/m0/s1. The molecular weight excluding hydrogens is 542 g/mol. The van der Waals surface area contributed by atoms with Gasteiger partial charge >= 0.3 is 6.09 Å². The molecule has 2 aliphatic heterocycles. The van der Waals surface area contributed by atoms with E-state index in [1.807, 2.05) is 13.0 Å². The molecule has 0 saturated carbocycles. The predicted molar refractivity (Wildman–Crippen MR) is 155 cm³/mol. The van der Waals surface area contributed by atoms with Gasteiger partial charge in [-0.3, -0.25) is 19.9 Å². The Kier molecular flexibility index (Phi) is 8.33. The fraction of sp³-hybridized carbons (Fsp3) is 0.312. The third-order valence-electron chi connectivity index (χ3n) is 7.81. The van der Waals surface area contributed by atoms with Crippen LogP contribution in [0.5, 0.6) is 0 Å². The van der Waals surface area contributed by atoms with Crippen LogP contribution in [-0.2, 0) is 9.53 Å². The molecule has 0 fully saturated rings. The van der Waals surface area contributed by atoms with Crippen molar-refractivity contribution in [2.45, 2.75) is 51.6 Å². The zero-order valence-electron chi connectivity index (χ0n) is 23.7. The number of hydrogen-bond donors (Lipinski definition) is 2. The number of hydrogen-bond acceptors (Lipinski definition) is 5. The second kappa shape index (κ2) is 12.1. The summed E-state index contributed by atoms with van der Waals surface area (Å²) in [6.45, 7) is 3.76. The highest BCUT2D eigenvalue weighted by Gasteiger charge is 2.31. The summed E-state index contributed by atoms with van der Waals surface area (Å²) in [4.78, 5) is 44.9. The Balaban J connectivity index is 1.53. The average molecular weight is 575 g/mol. The van der Waals surface area contributed by atoms with Crippen LogP contribution in [0.25, 0.3) is 16.7 Å². The largest absolute Gasteiger partial charge is 0.453 e. The fourth-order valence-electron chi connectivity index (χ4n) is 5.60. The summed E-state index contributed by atoms with van der Waals surface area (Å²) in [5.74, 6) is -1.95. The molecule has 218 valence electrons. The normalized spacial score (nSPS) is 19.1. The van der Waals surface area contributed by atoms with Gasteiger partial charge in [0.25, 0.3) is 5.91 Å². The second-order valence-electron chi connectivity index (χ2n) is 10.7. The molecule has 1 aromatic heterocycles. The molecule has 1 unspecified atom stereocenters. The molecule has 3 amide bonds. The first-order valence-electron chi connectivity index (χ1n) is 13.9. The van der Waals surface area contributed by atoms with Crippen LogP contribution in [0.1, 0.15) is 65.8 Å². The van der Waals surface area contributed by atoms with E-state index in [0.29, 0.717) is 59.3 Å². The first kappa shape index (κ1) is 28.9. The monoisotopic (exact) mass is 574 g/mol. The molecule has 2 aromatic carbocycles. The lowest BCUT2D eigenvalue weighted by Crippen LogP contribution is -2.38. The highest BCUT2D eigenvalue weighted by molar-refractivity contribution is 6.03. The van der Waals surface area contributed by atoms with Gasteiger partial charge in [0.2, 0.25) is 5.91 Å². The number of rotatable bonds is 3. The van der Waals surface area contributed by atoms with Gasteiger partial charge in [0.1, 0.15) is 11.6 Å². The van der Waals surface area contributed by atoms with E-state index in [1.165, 1.54) is 25.3 Å². The van der Waals surface area contributed by atoms with Gasteiger partial charge < -0.3 is 15.0 Å². The van der Waals surface area contributed by atoms with Gasteiger partial charge in [0.05, 0.1) is 18.8 Å². The number of aromatic nitrogens is 1. The van der Waals surface area contributed by atoms with Crippen molar-refractivity contribution in [1.29, 1.82) is 0 Å². The summed E-state index contributed by atoms with van der Waals surface area (Å²) in [7, 11) is 1.26. The number of ether oxygens (including phenoxy) is 1. The van der Waals surface area contributed by atoms with E-state index in [1.54, 1.807) is 42.3 Å². The Hall–Kier alpha value is -4.60. The van der Waals surface area contributed by atoms with Crippen LogP contribution in [0.2, 0.25) is 0 Å². The smallest absolute Gasteiger partial charge is 0.411 e. The number of nitrogens with zero attached hydrogens (tertiary/aromatic N) is 2. The van der Waals surface area contributed by atoms with E-state index >= 15 is 0 Å². The summed E-state index contributed by atoms with van der Waals surface area (Å²) in [5.41, 5.74) is 3.29. The second-order valence-corrected chi connectivity index (χ2v) is 10.7. The lowest BCUT2D eigenvalue weighted by Gasteiger charge is -2.34. The van der Waals surface area contributed by atoms with Crippen molar-refractivity contribution in [2.24, 2.45) is 0 Å². The van der Waals surface area contributed by atoms with Crippen molar-refractivity contribution in [2.75, 3.05) is 19.0 Å². The summed E-state index contributed by atoms with van der Waals surface area (Å²) in [6, 6.07) is 10.7. The zero-order valence-corrected chi connectivity index (χ0v) is 23.7. The van der Waals surface area contributed by atoms with Gasteiger partial charge in [-0.05, 0) is 92.1 Å². The number of amides is 3. The predicted octanol–water partition coefficient (Wildman–Crippen LogP) is 6.17. The van der Waals surface area contributed by atoms with E-state index in [2.05, 4.69) is 20.4 Å². The Bertz CT molecular complexity index is 1590. The minimum atomic E-state index is -0.689. The third kappa shape index (κ3) is 5.88. The van der Waals surface area contributed by atoms with Crippen LogP contribution >= 0.6 is 0 Å². The van der Waals surface area contributed by atoms with Crippen molar-refractivity contribution in [3.8, 4) is 11.1 Å². The SMILES string of the molecule is COC(=O)Nc1ccc2c(c1)C(=O)NC(C)CCC[C@H](N1CCC(c3c(F)ccc(C)c3F)=CC1=O)c1cc-2ccn1. The third-order valence-corrected chi connectivity index (χ3v) is 7.81. The fourth-order valence-corrected chi connectivity index (χ4v) is 5.60. The zero-order chi connectivity index (χ0) is 30.0. The van der Waals surface area contributed by atoms with Gasteiger partial charge in [-0.25, -0.2) is 13.6 Å². The summed E-state index contributed by atoms with van der Waals surface area (Å²) < 4.78 is 34.1. The Morgan fingerprint density at radius 1 is 1.10 bits per heavy atom. The maximum atomic E-state index is 14.8. The summed E-state index contributed by atoms with van der Waals surface area (Å²) in [6.07, 6.45) is 4.55. The minimum Gasteiger partial charge on any atom is -0.453 e. The van der Waals surface area contributed by atoms with Gasteiger partial charge in [0.15, 0.2) is 0 Å². The van der Waals surface area contributed by atoms with Gasteiger partial charge in [-0.1, -0.05) is 12.1 Å². The highest BCUT2D eigenvalue weighted by atomic mass is 19.1. The van der Waals surface area contributed by atoms with Crippen molar-refractivity contribution in [3.63, 3.8) is 0 Å². The highest BCUT2D eigenvalue weighted by Crippen LogP contribution is 2.36. The van der Waals surface area contributed by atoms with E-state index < -0.39 is 17.7 Å². The van der Waals surface area contributed by atoms with Crippen LogP contribution < -0.4 is 10.6 Å². The molecular formula is C32H32F2N4O4. The maximum Gasteiger partial charge on any atom is 0.411 e. The average Bonchev–Trinajstić information content (AvgIpc) is 2.97. The lowest BCUT2D eigenvalue weighted by atomic mass is 9.92. The molecule has 2 atom stereocenters. The van der Waals surface area contributed by atoms with Gasteiger partial charge in [-0.15, -0.1) is 0 Å². The van der Waals surface area contributed by atoms with Crippen molar-refractivity contribution < 1.29 is 27.9 Å². The maximum absolute atomic E-state index is 14.8. The van der Waals surface area contributed by atoms with Crippen LogP contribution in [0.15, 0.2) is 54.7 Å². The molecule has 0 spiro atoms. The number of nitrogens with one attached hydrogen (secondary N) is 2. The topological polar surface area (TPSA) is 101 Å². The quantitative estimate of drug-likeness (QED) is 0.390. The number of methoxy groups -OCH3 is 1. The van der Waals surface area contributed by atoms with E-state index in [4.69, 9.17) is 0 Å². The molecule has 0 radical (unpaired) electrons. The minimum absolute atomic E-state index is 0.149. The number of benzene rings is 2. The number of carbonyl (C=O) groups excluding carboxylic acids is 3. The number of fused-ring (bicyclic) bond motifs is 4. The van der Waals surface area contributed by atoms with Gasteiger partial charge in [0, 0.05) is 41.7 Å². The number of anilines is 1. The number of halogens is 2. The molecule has 5 rings (SSSR count). The first-order chi connectivity index (χ1) is 20.2. The van der Waals surface area contributed by atoms with Crippen LogP contribution in [0.4, 0.5) is 19.3 Å². The van der Waals surface area contributed by atoms with E-state index in [-0.39, 0.29) is 36.0 Å². The summed E-state index contributed by atoms with van der Waals surface area (Å²) in [5, 5.41) is 5.64. The lowest BCUT2D eigenvalue weighted by molar-refractivity contribution is -0.129. The van der Waals surface area contributed by atoms with Crippen LogP contribution in [0.3, 0.4) is 0 Å². The van der Waals surface area contributed by atoms with E-state index in [0.717, 1.165) is 5.56 Å². The molecule has 2 bridgehead atoms. The number of pyridine rings is 1. The first-order valence-corrected chi connectivity index (χ1v) is 13.9. The van der Waals surface area contributed by atoms with Gasteiger partial charge in [-0.2, -0.15) is 0 Å². The van der Waals surface area contributed by atoms with Crippen LogP contribution in [0, 0.1) is 18.6 Å². The molecule has 42 heavy (non-hydrogen) atoms. The summed E-state index contributed by atoms with van der Waals surface area (Å²) >= 11 is 0. The molecule has 10 heteroatoms. The number of aryl methyl sites for hydroxylation is 1.